The summed E-state index contributed by atoms with van der Waals surface area (Å²) < 4.78 is 0. The highest BCUT2D eigenvalue weighted by molar-refractivity contribution is 5.15. The van der Waals surface area contributed by atoms with Crippen molar-refractivity contribution < 1.29 is 0 Å². The predicted molar refractivity (Wildman–Crippen MR) is 63.8 cm³/mol. The molecule has 1 aliphatic heterocycles. The summed E-state index contributed by atoms with van der Waals surface area (Å²) >= 11 is 0. The zero-order valence-corrected chi connectivity index (χ0v) is 9.45. The summed E-state index contributed by atoms with van der Waals surface area (Å²) in [6.07, 6.45) is 2.26. The van der Waals surface area contributed by atoms with Gasteiger partial charge in [-0.1, -0.05) is 30.3 Å². The Kier molecular flexibility index (Phi) is 3.08. The van der Waals surface area contributed by atoms with Crippen molar-refractivity contribution in [1.82, 2.24) is 4.90 Å². The van der Waals surface area contributed by atoms with Crippen molar-refractivity contribution in [2.24, 2.45) is 5.73 Å². The highest BCUT2D eigenvalue weighted by Crippen LogP contribution is 2.17. The molecule has 82 valence electrons. The van der Waals surface area contributed by atoms with E-state index >= 15 is 0 Å². The fourth-order valence-corrected chi connectivity index (χ4v) is 2.21. The molecule has 1 unspecified atom stereocenters. The summed E-state index contributed by atoms with van der Waals surface area (Å²) in [6.45, 7) is 5.48. The molecule has 0 aliphatic carbocycles. The minimum atomic E-state index is 0.0384. The van der Waals surface area contributed by atoms with E-state index < -0.39 is 0 Å². The molecule has 2 heteroatoms. The molecule has 1 atom stereocenters. The first-order chi connectivity index (χ1) is 7.16. The molecule has 2 rings (SSSR count). The Hall–Kier alpha value is -0.860. The van der Waals surface area contributed by atoms with Gasteiger partial charge in [-0.15, -0.1) is 0 Å². The van der Waals surface area contributed by atoms with Crippen LogP contribution in [-0.2, 0) is 6.42 Å². The van der Waals surface area contributed by atoms with Crippen molar-refractivity contribution in [3.05, 3.63) is 35.9 Å². The van der Waals surface area contributed by atoms with E-state index in [1.54, 1.807) is 0 Å². The van der Waals surface area contributed by atoms with Crippen molar-refractivity contribution in [1.29, 1.82) is 0 Å². The van der Waals surface area contributed by atoms with Crippen molar-refractivity contribution >= 4 is 0 Å². The lowest BCUT2D eigenvalue weighted by Gasteiger charge is -2.19. The average molecular weight is 204 g/mol. The number of nitrogens with zero attached hydrogens (tertiary/aromatic N) is 1. The Morgan fingerprint density at radius 2 is 2.07 bits per heavy atom. The van der Waals surface area contributed by atoms with Gasteiger partial charge < -0.3 is 10.6 Å². The number of hydrogen-bond donors (Lipinski definition) is 1. The normalized spacial score (nSPS) is 27.1. The Morgan fingerprint density at radius 1 is 1.33 bits per heavy atom. The van der Waals surface area contributed by atoms with Crippen molar-refractivity contribution in [2.45, 2.75) is 25.3 Å². The molecule has 0 saturated carbocycles. The third-order valence-electron chi connectivity index (χ3n) is 3.14. The molecule has 1 fully saturated rings. The van der Waals surface area contributed by atoms with E-state index in [4.69, 9.17) is 5.73 Å². The Bertz CT molecular complexity index is 306. The van der Waals surface area contributed by atoms with Crippen LogP contribution in [0.15, 0.2) is 30.3 Å². The van der Waals surface area contributed by atoms with Gasteiger partial charge in [0.15, 0.2) is 0 Å². The van der Waals surface area contributed by atoms with Gasteiger partial charge in [0.25, 0.3) is 0 Å². The van der Waals surface area contributed by atoms with Gasteiger partial charge in [-0.05, 0) is 25.3 Å². The van der Waals surface area contributed by atoms with Gasteiger partial charge in [-0.2, -0.15) is 0 Å². The number of nitrogens with two attached hydrogens (primary N) is 1. The third kappa shape index (κ3) is 3.05. The predicted octanol–water partition coefficient (Wildman–Crippen LogP) is 1.65. The molecule has 15 heavy (non-hydrogen) atoms. The van der Waals surface area contributed by atoms with E-state index in [0.717, 1.165) is 32.5 Å². The molecule has 0 radical (unpaired) electrons. The third-order valence-corrected chi connectivity index (χ3v) is 3.14. The lowest BCUT2D eigenvalue weighted by molar-refractivity contribution is 0.321. The molecular formula is C13H20N2. The van der Waals surface area contributed by atoms with Gasteiger partial charge >= 0.3 is 0 Å². The molecular weight excluding hydrogens is 184 g/mol. The van der Waals surface area contributed by atoms with Crippen LogP contribution in [0.1, 0.15) is 18.9 Å². The van der Waals surface area contributed by atoms with Gasteiger partial charge in [0.2, 0.25) is 0 Å². The molecule has 1 aliphatic rings. The molecule has 2 nitrogen and oxygen atoms in total. The first-order valence-corrected chi connectivity index (χ1v) is 5.71. The summed E-state index contributed by atoms with van der Waals surface area (Å²) in [7, 11) is 0. The lowest BCUT2D eigenvalue weighted by atomic mass is 10.0. The van der Waals surface area contributed by atoms with E-state index in [1.165, 1.54) is 5.56 Å². The van der Waals surface area contributed by atoms with Gasteiger partial charge in [0.1, 0.15) is 0 Å². The standard InChI is InChI=1S/C13H20N2/c1-13(14)8-10-15(11-13)9-7-12-5-3-2-4-6-12/h2-6H,7-11,14H2,1H3. The topological polar surface area (TPSA) is 29.3 Å². The first kappa shape index (κ1) is 10.7. The monoisotopic (exact) mass is 204 g/mol. The zero-order valence-electron chi connectivity index (χ0n) is 9.45. The molecule has 1 aromatic rings. The highest BCUT2D eigenvalue weighted by Gasteiger charge is 2.28. The fraction of sp³-hybridized carbons (Fsp3) is 0.538. The number of benzene rings is 1. The molecule has 1 aromatic carbocycles. The largest absolute Gasteiger partial charge is 0.324 e. The van der Waals surface area contributed by atoms with E-state index in [9.17, 15) is 0 Å². The maximum Gasteiger partial charge on any atom is 0.0267 e. The molecule has 2 N–H and O–H groups in total. The van der Waals surface area contributed by atoms with Crippen LogP contribution in [0, 0.1) is 0 Å². The smallest absolute Gasteiger partial charge is 0.0267 e. The number of hydrogen-bond acceptors (Lipinski definition) is 2. The Morgan fingerprint density at radius 3 is 2.67 bits per heavy atom. The van der Waals surface area contributed by atoms with Gasteiger partial charge in [-0.3, -0.25) is 0 Å². The van der Waals surface area contributed by atoms with E-state index in [0.29, 0.717) is 0 Å². The zero-order chi connectivity index (χ0) is 10.7. The van der Waals surface area contributed by atoms with Crippen molar-refractivity contribution in [2.75, 3.05) is 19.6 Å². The van der Waals surface area contributed by atoms with Crippen LogP contribution < -0.4 is 5.73 Å². The summed E-state index contributed by atoms with van der Waals surface area (Å²) in [4.78, 5) is 2.47. The van der Waals surface area contributed by atoms with Crippen LogP contribution in [0.2, 0.25) is 0 Å². The summed E-state index contributed by atoms with van der Waals surface area (Å²) in [5.41, 5.74) is 7.55. The van der Waals surface area contributed by atoms with Crippen LogP contribution in [0.4, 0.5) is 0 Å². The second-order valence-corrected chi connectivity index (χ2v) is 4.92. The van der Waals surface area contributed by atoms with Crippen LogP contribution in [0.25, 0.3) is 0 Å². The van der Waals surface area contributed by atoms with Crippen LogP contribution >= 0.6 is 0 Å². The molecule has 0 spiro atoms. The maximum absolute atomic E-state index is 6.10. The fourth-order valence-electron chi connectivity index (χ4n) is 2.21. The van der Waals surface area contributed by atoms with Crippen molar-refractivity contribution in [3.8, 4) is 0 Å². The van der Waals surface area contributed by atoms with E-state index in [2.05, 4.69) is 42.2 Å². The SMILES string of the molecule is CC1(N)CCN(CCc2ccccc2)C1. The van der Waals surface area contributed by atoms with Gasteiger partial charge in [0.05, 0.1) is 0 Å². The molecule has 0 aromatic heterocycles. The second-order valence-electron chi connectivity index (χ2n) is 4.92. The van der Waals surface area contributed by atoms with E-state index in [1.807, 2.05) is 0 Å². The Labute approximate surface area is 92.1 Å². The average Bonchev–Trinajstić information content (AvgIpc) is 2.57. The van der Waals surface area contributed by atoms with Crippen LogP contribution in [-0.4, -0.2) is 30.1 Å². The van der Waals surface area contributed by atoms with Crippen LogP contribution in [0.5, 0.6) is 0 Å². The Balaban J connectivity index is 1.80. The maximum atomic E-state index is 6.10. The summed E-state index contributed by atoms with van der Waals surface area (Å²) in [5, 5.41) is 0. The summed E-state index contributed by atoms with van der Waals surface area (Å²) in [6, 6.07) is 10.7. The van der Waals surface area contributed by atoms with Gasteiger partial charge in [0, 0.05) is 25.2 Å². The number of rotatable bonds is 3. The minimum Gasteiger partial charge on any atom is -0.324 e. The van der Waals surface area contributed by atoms with Crippen molar-refractivity contribution in [3.63, 3.8) is 0 Å². The van der Waals surface area contributed by atoms with Gasteiger partial charge in [-0.25, -0.2) is 0 Å². The summed E-state index contributed by atoms with van der Waals surface area (Å²) in [5.74, 6) is 0. The lowest BCUT2D eigenvalue weighted by Crippen LogP contribution is -2.39. The second kappa shape index (κ2) is 4.33. The highest BCUT2D eigenvalue weighted by atomic mass is 15.2. The van der Waals surface area contributed by atoms with E-state index in [-0.39, 0.29) is 5.54 Å². The number of likely N-dealkylation sites (tertiary alicyclic amines) is 1. The molecule has 1 saturated heterocycles. The molecule has 0 bridgehead atoms. The minimum absolute atomic E-state index is 0.0384. The molecule has 1 heterocycles. The first-order valence-electron chi connectivity index (χ1n) is 5.71. The molecule has 0 amide bonds. The van der Waals surface area contributed by atoms with Crippen LogP contribution in [0.3, 0.4) is 0 Å². The quantitative estimate of drug-likeness (QED) is 0.811.